The normalized spacial score (nSPS) is 15.9. The maximum atomic E-state index is 13.1. The van der Waals surface area contributed by atoms with Crippen molar-refractivity contribution in [1.82, 2.24) is 0 Å². The van der Waals surface area contributed by atoms with Gasteiger partial charge in [0.25, 0.3) is 5.91 Å². The second-order valence-corrected chi connectivity index (χ2v) is 8.11. The van der Waals surface area contributed by atoms with Gasteiger partial charge in [-0.2, -0.15) is 0 Å². The minimum absolute atomic E-state index is 0.00668. The van der Waals surface area contributed by atoms with Gasteiger partial charge < -0.3 is 14.4 Å². The molecule has 1 aliphatic heterocycles. The Bertz CT molecular complexity index is 988. The predicted molar refractivity (Wildman–Crippen MR) is 104 cm³/mol. The Balaban J connectivity index is 1.87. The van der Waals surface area contributed by atoms with E-state index in [0.717, 1.165) is 0 Å². The lowest BCUT2D eigenvalue weighted by Crippen LogP contribution is -2.47. The van der Waals surface area contributed by atoms with Crippen LogP contribution in [-0.4, -0.2) is 45.8 Å². The molecule has 8 nitrogen and oxygen atoms in total. The Morgan fingerprint density at radius 1 is 1.18 bits per heavy atom. The zero-order valence-corrected chi connectivity index (χ0v) is 16.2. The molecule has 0 unspecified atom stereocenters. The molecule has 2 aromatic carbocycles. The van der Waals surface area contributed by atoms with Crippen LogP contribution in [0.2, 0.25) is 0 Å². The minimum atomic E-state index is -3.40. The first-order valence-corrected chi connectivity index (χ1v) is 10.3. The first-order valence-electron chi connectivity index (χ1n) is 8.60. The van der Waals surface area contributed by atoms with E-state index in [1.165, 1.54) is 43.2 Å². The van der Waals surface area contributed by atoms with E-state index in [-0.39, 0.29) is 18.2 Å². The van der Waals surface area contributed by atoms with E-state index in [1.807, 2.05) is 0 Å². The molecule has 3 rings (SSSR count). The molecule has 0 saturated heterocycles. The summed E-state index contributed by atoms with van der Waals surface area (Å²) in [6.07, 6.45) is -0.931. The Morgan fingerprint density at radius 2 is 1.86 bits per heavy atom. The smallest absolute Gasteiger partial charge is 0.348 e. The molecule has 1 amide bonds. The zero-order chi connectivity index (χ0) is 20.3. The number of carbonyl (C=O) groups is 2. The summed E-state index contributed by atoms with van der Waals surface area (Å²) in [6.45, 7) is 1.54. The van der Waals surface area contributed by atoms with Gasteiger partial charge >= 0.3 is 5.97 Å². The molecule has 0 radical (unpaired) electrons. The zero-order valence-electron chi connectivity index (χ0n) is 15.4. The lowest BCUT2D eigenvalue weighted by Gasteiger charge is -2.33. The molecular formula is C19H20N2O6S. The number of esters is 1. The third kappa shape index (κ3) is 4.09. The van der Waals surface area contributed by atoms with Crippen LogP contribution in [0.15, 0.2) is 48.5 Å². The Labute approximate surface area is 163 Å². The second kappa shape index (κ2) is 7.89. The van der Waals surface area contributed by atoms with E-state index >= 15 is 0 Å². The number of hydrogen-bond acceptors (Lipinski definition) is 6. The molecule has 148 valence electrons. The monoisotopic (exact) mass is 404 g/mol. The molecule has 2 aromatic rings. The van der Waals surface area contributed by atoms with E-state index in [2.05, 4.69) is 4.72 Å². The minimum Gasteiger partial charge on any atom is -0.475 e. The van der Waals surface area contributed by atoms with Crippen LogP contribution < -0.4 is 14.4 Å². The van der Waals surface area contributed by atoms with Crippen LogP contribution in [-0.2, 0) is 19.6 Å². The van der Waals surface area contributed by atoms with Gasteiger partial charge in [-0.05, 0) is 43.3 Å². The van der Waals surface area contributed by atoms with E-state index in [4.69, 9.17) is 9.47 Å². The van der Waals surface area contributed by atoms with Crippen molar-refractivity contribution in [2.75, 3.05) is 29.0 Å². The Kier molecular flexibility index (Phi) is 5.55. The summed E-state index contributed by atoms with van der Waals surface area (Å²) >= 11 is 0. The summed E-state index contributed by atoms with van der Waals surface area (Å²) in [4.78, 5) is 26.4. The van der Waals surface area contributed by atoms with Crippen LogP contribution in [0.3, 0.4) is 0 Å². The van der Waals surface area contributed by atoms with Gasteiger partial charge in [-0.1, -0.05) is 12.1 Å². The molecule has 1 atom stereocenters. The standard InChI is InChI=1S/C19H20N2O6S/c1-3-28(24,25)20-14-10-8-13(9-11-14)18(22)21-12-17(19(23)26-2)27-16-7-5-4-6-15(16)21/h4-11,17,20H,3,12H2,1-2H3/t17-/m0/s1. The molecule has 1 aliphatic rings. The maximum Gasteiger partial charge on any atom is 0.348 e. The number of amides is 1. The number of carbonyl (C=O) groups excluding carboxylic acids is 2. The lowest BCUT2D eigenvalue weighted by atomic mass is 10.1. The fraction of sp³-hybridized carbons (Fsp3) is 0.263. The van der Waals surface area contributed by atoms with Crippen molar-refractivity contribution < 1.29 is 27.5 Å². The van der Waals surface area contributed by atoms with Gasteiger partial charge in [-0.15, -0.1) is 0 Å². The average Bonchev–Trinajstić information content (AvgIpc) is 2.72. The molecule has 0 aliphatic carbocycles. The van der Waals surface area contributed by atoms with E-state index in [1.54, 1.807) is 24.3 Å². The van der Waals surface area contributed by atoms with Gasteiger partial charge in [0, 0.05) is 11.3 Å². The van der Waals surface area contributed by atoms with Crippen LogP contribution in [0.5, 0.6) is 5.75 Å². The molecule has 1 N–H and O–H groups in total. The molecule has 0 bridgehead atoms. The summed E-state index contributed by atoms with van der Waals surface area (Å²) in [6, 6.07) is 13.0. The number of para-hydroxylation sites is 2. The molecule has 0 fully saturated rings. The number of methoxy groups -OCH3 is 1. The lowest BCUT2D eigenvalue weighted by molar-refractivity contribution is -0.148. The van der Waals surface area contributed by atoms with Crippen molar-refractivity contribution in [3.63, 3.8) is 0 Å². The number of anilines is 2. The van der Waals surface area contributed by atoms with Crippen LogP contribution in [0.25, 0.3) is 0 Å². The summed E-state index contributed by atoms with van der Waals surface area (Å²) in [5.74, 6) is -0.552. The van der Waals surface area contributed by atoms with Gasteiger partial charge in [0.2, 0.25) is 16.1 Å². The number of sulfonamides is 1. The van der Waals surface area contributed by atoms with Gasteiger partial charge in [-0.25, -0.2) is 13.2 Å². The molecular weight excluding hydrogens is 384 g/mol. The van der Waals surface area contributed by atoms with Crippen LogP contribution >= 0.6 is 0 Å². The molecule has 0 spiro atoms. The van der Waals surface area contributed by atoms with Crippen molar-refractivity contribution in [3.05, 3.63) is 54.1 Å². The van der Waals surface area contributed by atoms with Gasteiger partial charge in [0.05, 0.1) is 25.1 Å². The number of nitrogens with one attached hydrogen (secondary N) is 1. The fourth-order valence-electron chi connectivity index (χ4n) is 2.77. The second-order valence-electron chi connectivity index (χ2n) is 6.10. The first-order chi connectivity index (χ1) is 13.3. The quantitative estimate of drug-likeness (QED) is 0.765. The molecule has 0 aromatic heterocycles. The van der Waals surface area contributed by atoms with Crippen molar-refractivity contribution in [2.24, 2.45) is 0 Å². The number of fused-ring (bicyclic) bond motifs is 1. The van der Waals surface area contributed by atoms with Crippen LogP contribution in [0.4, 0.5) is 11.4 Å². The van der Waals surface area contributed by atoms with Gasteiger partial charge in [-0.3, -0.25) is 9.52 Å². The van der Waals surface area contributed by atoms with Crippen molar-refractivity contribution in [3.8, 4) is 5.75 Å². The predicted octanol–water partition coefficient (Wildman–Crippen LogP) is 2.03. The Morgan fingerprint density at radius 3 is 2.50 bits per heavy atom. The number of benzene rings is 2. The first kappa shape index (κ1) is 19.7. The average molecular weight is 404 g/mol. The maximum absolute atomic E-state index is 13.1. The summed E-state index contributed by atoms with van der Waals surface area (Å²) in [5.41, 5.74) is 1.26. The number of ether oxygens (including phenoxy) is 2. The highest BCUT2D eigenvalue weighted by molar-refractivity contribution is 7.92. The highest BCUT2D eigenvalue weighted by atomic mass is 32.2. The van der Waals surface area contributed by atoms with Crippen LogP contribution in [0.1, 0.15) is 17.3 Å². The highest BCUT2D eigenvalue weighted by Crippen LogP contribution is 2.34. The number of rotatable bonds is 5. The van der Waals surface area contributed by atoms with Crippen molar-refractivity contribution in [1.29, 1.82) is 0 Å². The fourth-order valence-corrected chi connectivity index (χ4v) is 3.41. The topological polar surface area (TPSA) is 102 Å². The third-order valence-electron chi connectivity index (χ3n) is 4.27. The van der Waals surface area contributed by atoms with Crippen molar-refractivity contribution in [2.45, 2.75) is 13.0 Å². The SMILES string of the molecule is CCS(=O)(=O)Nc1ccc(C(=O)N2C[C@@H](C(=O)OC)Oc3ccccc32)cc1. The third-order valence-corrected chi connectivity index (χ3v) is 5.57. The Hall–Kier alpha value is -3.07. The van der Waals surface area contributed by atoms with E-state index < -0.39 is 22.1 Å². The summed E-state index contributed by atoms with van der Waals surface area (Å²) < 4.78 is 36.1. The van der Waals surface area contributed by atoms with Crippen LogP contribution in [0, 0.1) is 0 Å². The number of hydrogen-bond donors (Lipinski definition) is 1. The van der Waals surface area contributed by atoms with E-state index in [9.17, 15) is 18.0 Å². The van der Waals surface area contributed by atoms with Crippen molar-refractivity contribution >= 4 is 33.3 Å². The highest BCUT2D eigenvalue weighted by Gasteiger charge is 2.34. The summed E-state index contributed by atoms with van der Waals surface area (Å²) in [5, 5.41) is 0. The largest absolute Gasteiger partial charge is 0.475 e. The summed E-state index contributed by atoms with van der Waals surface area (Å²) in [7, 11) is -2.14. The van der Waals surface area contributed by atoms with E-state index in [0.29, 0.717) is 22.7 Å². The van der Waals surface area contributed by atoms with Gasteiger partial charge in [0.1, 0.15) is 5.75 Å². The number of nitrogens with zero attached hydrogens (tertiary/aromatic N) is 1. The molecule has 0 saturated carbocycles. The molecule has 1 heterocycles. The molecule has 28 heavy (non-hydrogen) atoms. The van der Waals surface area contributed by atoms with Gasteiger partial charge in [0.15, 0.2) is 0 Å². The molecule has 9 heteroatoms.